The molecule has 13 nitrogen and oxygen atoms in total. The fourth-order valence-corrected chi connectivity index (χ4v) is 2.97. The van der Waals surface area contributed by atoms with Crippen LogP contribution in [0.5, 0.6) is 0 Å². The zero-order chi connectivity index (χ0) is 22.4. The maximum atomic E-state index is 12.2. The van der Waals surface area contributed by atoms with Crippen molar-refractivity contribution in [2.45, 2.75) is 19.9 Å². The summed E-state index contributed by atoms with van der Waals surface area (Å²) in [5.74, 6) is -3.64. The van der Waals surface area contributed by atoms with Gasteiger partial charge in [-0.25, -0.2) is 9.59 Å². The van der Waals surface area contributed by atoms with Crippen LogP contribution in [0.1, 0.15) is 13.8 Å². The van der Waals surface area contributed by atoms with E-state index in [4.69, 9.17) is 0 Å². The third-order valence-corrected chi connectivity index (χ3v) is 4.77. The number of urea groups is 2. The van der Waals surface area contributed by atoms with E-state index in [0.29, 0.717) is 22.9 Å². The Morgan fingerprint density at radius 3 is 1.73 bits per heavy atom. The van der Waals surface area contributed by atoms with Crippen LogP contribution in [0.15, 0.2) is 0 Å². The molecular weight excluding hydrogens is 400 g/mol. The van der Waals surface area contributed by atoms with Crippen molar-refractivity contribution in [3.63, 3.8) is 0 Å². The number of hydrogen-bond donors (Lipinski definition) is 2. The maximum Gasteiger partial charge on any atom is 0.325 e. The van der Waals surface area contributed by atoms with Crippen LogP contribution in [0.2, 0.25) is 0 Å². The number of likely N-dealkylation sites (N-methyl/N-ethyl adjacent to an activating group) is 2. The van der Waals surface area contributed by atoms with Crippen LogP contribution < -0.4 is 10.6 Å². The van der Waals surface area contributed by atoms with Gasteiger partial charge in [-0.3, -0.25) is 33.8 Å². The second-order valence-electron chi connectivity index (χ2n) is 6.49. The predicted octanol–water partition coefficient (Wildman–Crippen LogP) is -2.73. The average Bonchev–Trinajstić information content (AvgIpc) is 2.74. The molecule has 2 heterocycles. The molecule has 2 aliphatic rings. The summed E-state index contributed by atoms with van der Waals surface area (Å²) in [6.45, 7) is 3.93. The third kappa shape index (κ3) is 4.72. The van der Waals surface area contributed by atoms with Crippen LogP contribution in [0.4, 0.5) is 9.59 Å². The van der Waals surface area contributed by atoms with E-state index in [1.165, 1.54) is 16.1 Å². The van der Waals surface area contributed by atoms with Gasteiger partial charge in [-0.1, -0.05) is 0 Å². The predicted molar refractivity (Wildman–Crippen MR) is 99.3 cm³/mol. The molecule has 1 atom stereocenters. The Morgan fingerprint density at radius 2 is 1.30 bits per heavy atom. The number of amides is 8. The van der Waals surface area contributed by atoms with Crippen LogP contribution in [0, 0.1) is 0 Å². The lowest BCUT2D eigenvalue weighted by Gasteiger charge is -2.32. The number of nitrogens with zero attached hydrogens (tertiary/aromatic N) is 4. The lowest BCUT2D eigenvalue weighted by Crippen LogP contribution is -2.61. The minimum atomic E-state index is -1.34. The fraction of sp³-hybridized carbons (Fsp3) is 0.588. The number of rotatable bonds is 6. The van der Waals surface area contributed by atoms with Gasteiger partial charge in [0.2, 0.25) is 6.29 Å². The summed E-state index contributed by atoms with van der Waals surface area (Å²) in [5, 5.41) is 4.46. The summed E-state index contributed by atoms with van der Waals surface area (Å²) in [6.07, 6.45) is 1.50. The normalized spacial score (nSPS) is 18.5. The van der Waals surface area contributed by atoms with E-state index >= 15 is 0 Å². The molecule has 2 aliphatic heterocycles. The van der Waals surface area contributed by atoms with Gasteiger partial charge >= 0.3 is 35.7 Å². The lowest BCUT2D eigenvalue weighted by atomic mass is 10.3. The van der Waals surface area contributed by atoms with E-state index in [2.05, 4.69) is 10.6 Å². The highest BCUT2D eigenvalue weighted by Gasteiger charge is 2.37. The van der Waals surface area contributed by atoms with Crippen molar-refractivity contribution in [3.8, 4) is 0 Å². The average molecular weight is 423 g/mol. The van der Waals surface area contributed by atoms with Crippen molar-refractivity contribution in [1.29, 1.82) is 0 Å². The van der Waals surface area contributed by atoms with Gasteiger partial charge in [0.05, 0.1) is 0 Å². The number of carbonyl (C=O) groups is 6. The molecule has 163 valence electrons. The molecule has 0 aliphatic carbocycles. The van der Waals surface area contributed by atoms with Gasteiger partial charge in [0.1, 0.15) is 6.04 Å². The van der Waals surface area contributed by atoms with Crippen LogP contribution in [-0.2, 0) is 24.0 Å². The second kappa shape index (κ2) is 9.80. The summed E-state index contributed by atoms with van der Waals surface area (Å²) in [6, 6.07) is -3.22. The molecule has 0 aromatic heterocycles. The van der Waals surface area contributed by atoms with Crippen molar-refractivity contribution < 1.29 is 33.6 Å². The maximum absolute atomic E-state index is 12.2. The van der Waals surface area contributed by atoms with Crippen molar-refractivity contribution in [2.75, 3.05) is 45.8 Å². The van der Waals surface area contributed by atoms with Crippen molar-refractivity contribution in [1.82, 2.24) is 30.2 Å². The molecule has 0 bridgehead atoms. The molecule has 13 heteroatoms. The molecule has 0 saturated carbocycles. The van der Waals surface area contributed by atoms with E-state index in [-0.39, 0.29) is 26.2 Å². The number of hydrogen-bond acceptors (Lipinski definition) is 7. The second-order valence-corrected chi connectivity index (χ2v) is 6.49. The van der Waals surface area contributed by atoms with Gasteiger partial charge in [-0.15, -0.1) is 0 Å². The Hall–Kier alpha value is -3.51. The molecule has 2 fully saturated rings. The summed E-state index contributed by atoms with van der Waals surface area (Å²) >= 11 is 0. The first-order valence-electron chi connectivity index (χ1n) is 9.42. The molecule has 8 amide bonds. The van der Waals surface area contributed by atoms with Crippen LogP contribution in [0.25, 0.3) is 0 Å². The largest absolute Gasteiger partial charge is 0.335 e. The Balaban J connectivity index is 1.89. The van der Waals surface area contributed by atoms with E-state index in [1.807, 2.05) is 0 Å². The lowest BCUT2D eigenvalue weighted by molar-refractivity contribution is -0.153. The van der Waals surface area contributed by atoms with E-state index in [1.54, 1.807) is 13.8 Å². The molecule has 2 rings (SSSR count). The van der Waals surface area contributed by atoms with E-state index in [0.717, 1.165) is 0 Å². The van der Waals surface area contributed by atoms with Gasteiger partial charge in [0.15, 0.2) is 0 Å². The molecule has 2 N–H and O–H groups in total. The monoisotopic (exact) mass is 423 g/mol. The van der Waals surface area contributed by atoms with Crippen LogP contribution >= 0.6 is 0 Å². The first-order valence-corrected chi connectivity index (χ1v) is 9.42. The van der Waals surface area contributed by atoms with Crippen molar-refractivity contribution in [3.05, 3.63) is 0 Å². The van der Waals surface area contributed by atoms with Gasteiger partial charge in [-0.2, -0.15) is 0 Å². The molecule has 0 spiro atoms. The fourth-order valence-electron chi connectivity index (χ4n) is 2.97. The number of imide groups is 2. The highest BCUT2D eigenvalue weighted by atomic mass is 16.2. The van der Waals surface area contributed by atoms with E-state index < -0.39 is 48.3 Å². The molecule has 0 aromatic rings. The zero-order valence-electron chi connectivity index (χ0n) is 16.7. The third-order valence-electron chi connectivity index (χ3n) is 4.77. The Bertz CT molecular complexity index is 770. The number of carbonyl (C=O) groups excluding carboxylic acids is 7. The molecule has 2 saturated heterocycles. The summed E-state index contributed by atoms with van der Waals surface area (Å²) in [4.78, 5) is 87.3. The molecule has 1 radical (unpaired) electrons. The van der Waals surface area contributed by atoms with Gasteiger partial charge in [0, 0.05) is 45.8 Å². The minimum Gasteiger partial charge on any atom is -0.335 e. The molecule has 0 aromatic carbocycles. The van der Waals surface area contributed by atoms with Crippen molar-refractivity contribution >= 4 is 42.0 Å². The SMILES string of the molecule is CCN1CCN(C(=O)NCC([C]=O)NC(=O)N2CCN(CC)C(=O)C2=O)C(=O)C1=O. The summed E-state index contributed by atoms with van der Waals surface area (Å²) in [7, 11) is 0. The van der Waals surface area contributed by atoms with Gasteiger partial charge < -0.3 is 20.4 Å². The Labute approximate surface area is 172 Å². The Morgan fingerprint density at radius 1 is 0.833 bits per heavy atom. The van der Waals surface area contributed by atoms with Crippen LogP contribution in [0.3, 0.4) is 0 Å². The zero-order valence-corrected chi connectivity index (χ0v) is 16.7. The molecule has 1 unspecified atom stereocenters. The highest BCUT2D eigenvalue weighted by molar-refractivity contribution is 6.38. The quantitative estimate of drug-likeness (QED) is 0.439. The summed E-state index contributed by atoms with van der Waals surface area (Å²) < 4.78 is 0. The summed E-state index contributed by atoms with van der Waals surface area (Å²) in [5.41, 5.74) is 0. The standard InChI is InChI=1S/C17H23N6O7/c1-3-20-5-7-22(14(27)12(20)25)16(29)18-9-11(10-24)19-17(30)23-8-6-21(4-2)13(26)15(23)28/h11H,3-9H2,1-2H3,(H,18,29)(H,19,30). The van der Waals surface area contributed by atoms with Gasteiger partial charge in [-0.05, 0) is 13.8 Å². The molecule has 30 heavy (non-hydrogen) atoms. The number of piperazine rings is 2. The van der Waals surface area contributed by atoms with Crippen LogP contribution in [-0.4, -0.2) is 113 Å². The van der Waals surface area contributed by atoms with Gasteiger partial charge in [0.25, 0.3) is 0 Å². The number of nitrogens with one attached hydrogen (secondary N) is 2. The smallest absolute Gasteiger partial charge is 0.325 e. The van der Waals surface area contributed by atoms with E-state index in [9.17, 15) is 33.6 Å². The molecular formula is C17H23N6O7. The highest BCUT2D eigenvalue weighted by Crippen LogP contribution is 2.06. The Kier molecular flexibility index (Phi) is 7.44. The minimum absolute atomic E-state index is 0.00953. The first-order chi connectivity index (χ1) is 14.2. The van der Waals surface area contributed by atoms with Crippen molar-refractivity contribution in [2.24, 2.45) is 0 Å². The first kappa shape index (κ1) is 22.8. The topological polar surface area (TPSA) is 157 Å².